The van der Waals surface area contributed by atoms with Crippen LogP contribution in [0.4, 0.5) is 0 Å². The second-order valence-corrected chi connectivity index (χ2v) is 14.7. The Labute approximate surface area is 192 Å². The molecule has 0 saturated carbocycles. The van der Waals surface area contributed by atoms with E-state index in [1.54, 1.807) is 24.3 Å². The smallest absolute Gasteiger partial charge is 0.268 e. The highest BCUT2D eigenvalue weighted by atomic mass is 32.2. The molecule has 0 amide bonds. The average molecular weight is 464 g/mol. The van der Waals surface area contributed by atoms with E-state index in [4.69, 9.17) is 4.43 Å². The van der Waals surface area contributed by atoms with Gasteiger partial charge in [0.1, 0.15) is 0 Å². The molecule has 0 aliphatic heterocycles. The summed E-state index contributed by atoms with van der Waals surface area (Å²) >= 11 is 0. The normalized spacial score (nSPS) is 12.0. The first kappa shape index (κ1) is 23.8. The molecule has 0 aliphatic carbocycles. The van der Waals surface area contributed by atoms with Crippen molar-refractivity contribution in [3.05, 3.63) is 90.5 Å². The summed E-state index contributed by atoms with van der Waals surface area (Å²) in [5, 5.41) is 2.14. The monoisotopic (exact) mass is 463 g/mol. The van der Waals surface area contributed by atoms with E-state index in [9.17, 15) is 8.42 Å². The number of sulfonamides is 1. The van der Waals surface area contributed by atoms with E-state index in [1.807, 2.05) is 43.3 Å². The molecule has 6 heteroatoms. The van der Waals surface area contributed by atoms with E-state index in [0.29, 0.717) is 0 Å². The molecule has 166 valence electrons. The van der Waals surface area contributed by atoms with Crippen molar-refractivity contribution in [1.29, 1.82) is 0 Å². The summed E-state index contributed by atoms with van der Waals surface area (Å²) in [7, 11) is -6.39. The topological polar surface area (TPSA) is 55.4 Å². The summed E-state index contributed by atoms with van der Waals surface area (Å²) in [6, 6.07) is 29.8. The Balaban J connectivity index is 1.87. The molecule has 0 bridgehead atoms. The van der Waals surface area contributed by atoms with E-state index in [1.165, 1.54) is 0 Å². The van der Waals surface area contributed by atoms with E-state index >= 15 is 0 Å². The third-order valence-electron chi connectivity index (χ3n) is 5.38. The molecule has 0 saturated heterocycles. The van der Waals surface area contributed by atoms with Gasteiger partial charge in [0.2, 0.25) is 0 Å². The van der Waals surface area contributed by atoms with Crippen LogP contribution in [0.15, 0.2) is 89.8 Å². The first-order chi connectivity index (χ1) is 15.2. The second kappa shape index (κ2) is 9.74. The van der Waals surface area contributed by atoms with Crippen LogP contribution < -0.4 is 15.1 Å². The maximum absolute atomic E-state index is 12.5. The molecule has 3 aromatic carbocycles. The molecule has 0 aliphatic rings. The second-order valence-electron chi connectivity index (χ2n) is 8.67. The van der Waals surface area contributed by atoms with Crippen LogP contribution in [0.5, 0.6) is 0 Å². The van der Waals surface area contributed by atoms with Gasteiger partial charge in [-0.2, -0.15) is 0 Å². The lowest BCUT2D eigenvalue weighted by Gasteiger charge is -2.42. The molecule has 4 nitrogen and oxygen atoms in total. The molecule has 1 N–H and O–H groups in total. The Morgan fingerprint density at radius 1 is 0.844 bits per heavy atom. The van der Waals surface area contributed by atoms with Gasteiger partial charge in [-0.3, -0.25) is 0 Å². The first-order valence-corrected chi connectivity index (χ1v) is 13.9. The zero-order valence-electron chi connectivity index (χ0n) is 18.9. The molecule has 0 heterocycles. The average Bonchev–Trinajstić information content (AvgIpc) is 2.77. The summed E-state index contributed by atoms with van der Waals surface area (Å²) in [5.74, 6) is 2.86. The van der Waals surface area contributed by atoms with E-state index in [-0.39, 0.29) is 16.5 Å². The Kier molecular flexibility index (Phi) is 7.25. The van der Waals surface area contributed by atoms with Crippen molar-refractivity contribution < 1.29 is 12.8 Å². The van der Waals surface area contributed by atoms with Crippen LogP contribution in [0.1, 0.15) is 26.3 Å². The lowest BCUT2D eigenvalue weighted by atomic mass is 10.2. The maximum atomic E-state index is 12.5. The minimum atomic E-state index is -3.69. The molecular formula is C26H29NO3SSi. The van der Waals surface area contributed by atoms with Crippen molar-refractivity contribution in [1.82, 2.24) is 4.72 Å². The van der Waals surface area contributed by atoms with Crippen molar-refractivity contribution in [3.8, 4) is 12.0 Å². The zero-order valence-corrected chi connectivity index (χ0v) is 20.7. The molecule has 0 spiro atoms. The fraction of sp³-hybridized carbons (Fsp3) is 0.231. The van der Waals surface area contributed by atoms with E-state index in [2.05, 4.69) is 61.7 Å². The molecule has 32 heavy (non-hydrogen) atoms. The van der Waals surface area contributed by atoms with Gasteiger partial charge in [0.05, 0.1) is 11.5 Å². The Morgan fingerprint density at radius 2 is 1.34 bits per heavy atom. The van der Waals surface area contributed by atoms with Crippen molar-refractivity contribution in [2.45, 2.75) is 37.6 Å². The van der Waals surface area contributed by atoms with Crippen LogP contribution in [0.25, 0.3) is 0 Å². The van der Waals surface area contributed by atoms with Crippen LogP contribution in [0.3, 0.4) is 0 Å². The van der Waals surface area contributed by atoms with Gasteiger partial charge in [0.25, 0.3) is 18.3 Å². The Morgan fingerprint density at radius 3 is 1.81 bits per heavy atom. The molecule has 0 radical (unpaired) electrons. The minimum Gasteiger partial charge on any atom is -0.396 e. The highest BCUT2D eigenvalue weighted by molar-refractivity contribution is 7.89. The van der Waals surface area contributed by atoms with Crippen molar-refractivity contribution in [2.75, 3.05) is 6.61 Å². The molecule has 0 atom stereocenters. The number of rotatable bonds is 6. The third kappa shape index (κ3) is 5.13. The van der Waals surface area contributed by atoms with E-state index in [0.717, 1.165) is 15.9 Å². The summed E-state index contributed by atoms with van der Waals surface area (Å²) in [4.78, 5) is 0.185. The van der Waals surface area contributed by atoms with Crippen LogP contribution in [-0.2, 0) is 14.4 Å². The van der Waals surface area contributed by atoms with Crippen molar-refractivity contribution in [3.63, 3.8) is 0 Å². The van der Waals surface area contributed by atoms with Crippen LogP contribution >= 0.6 is 0 Å². The Bertz CT molecular complexity index is 1150. The van der Waals surface area contributed by atoms with Gasteiger partial charge in [-0.15, -0.1) is 0 Å². The minimum absolute atomic E-state index is 0.115. The molecule has 3 aromatic rings. The van der Waals surface area contributed by atoms with Crippen LogP contribution in [0.2, 0.25) is 5.04 Å². The molecule has 0 aromatic heterocycles. The number of hydrogen-bond donors (Lipinski definition) is 1. The summed E-state index contributed by atoms with van der Waals surface area (Å²) in [6.07, 6.45) is 0. The van der Waals surface area contributed by atoms with Gasteiger partial charge in [0.15, 0.2) is 0 Å². The summed E-state index contributed by atoms with van der Waals surface area (Å²) in [5.41, 5.74) is 0.994. The highest BCUT2D eigenvalue weighted by Crippen LogP contribution is 2.36. The first-order valence-electron chi connectivity index (χ1n) is 10.5. The van der Waals surface area contributed by atoms with Crippen molar-refractivity contribution >= 4 is 28.7 Å². The molecular weight excluding hydrogens is 434 g/mol. The molecule has 0 fully saturated rings. The van der Waals surface area contributed by atoms with Gasteiger partial charge >= 0.3 is 0 Å². The van der Waals surface area contributed by atoms with Gasteiger partial charge in [-0.05, 0) is 34.5 Å². The lowest BCUT2D eigenvalue weighted by Crippen LogP contribution is -2.66. The molecule has 3 rings (SSSR count). The SMILES string of the molecule is Cc1ccc(S(=O)(=O)NC#CCO[Si](c2ccccc2)(c2ccccc2)C(C)(C)C)cc1. The van der Waals surface area contributed by atoms with Gasteiger partial charge in [0, 0.05) is 6.04 Å². The number of hydrogen-bond acceptors (Lipinski definition) is 3. The largest absolute Gasteiger partial charge is 0.396 e. The highest BCUT2D eigenvalue weighted by Gasteiger charge is 2.49. The number of nitrogens with one attached hydrogen (secondary N) is 1. The number of aryl methyl sites for hydroxylation is 1. The standard InChI is InChI=1S/C26H29NO3SSi/c1-22-16-18-23(19-17-22)31(28,29)27-20-11-21-30-32(26(2,3)4,24-12-7-5-8-13-24)25-14-9-6-10-15-25/h5-10,12-19,27H,21H2,1-4H3. The quantitative estimate of drug-likeness (QED) is 0.344. The van der Waals surface area contributed by atoms with Crippen molar-refractivity contribution in [2.24, 2.45) is 0 Å². The predicted octanol–water partition coefficient (Wildman–Crippen LogP) is 3.81. The van der Waals surface area contributed by atoms with Crippen LogP contribution in [0, 0.1) is 18.9 Å². The van der Waals surface area contributed by atoms with Gasteiger partial charge < -0.3 is 4.43 Å². The summed E-state index contributed by atoms with van der Waals surface area (Å²) in [6.45, 7) is 8.59. The van der Waals surface area contributed by atoms with Gasteiger partial charge in [-0.1, -0.05) is 105 Å². The lowest BCUT2D eigenvalue weighted by molar-refractivity contribution is 0.346. The molecule has 0 unspecified atom stereocenters. The number of benzene rings is 3. The fourth-order valence-corrected chi connectivity index (χ4v) is 9.08. The van der Waals surface area contributed by atoms with Crippen LogP contribution in [-0.4, -0.2) is 23.3 Å². The fourth-order valence-electron chi connectivity index (χ4n) is 3.82. The van der Waals surface area contributed by atoms with E-state index < -0.39 is 18.3 Å². The zero-order chi connectivity index (χ0) is 23.2. The predicted molar refractivity (Wildman–Crippen MR) is 133 cm³/mol. The van der Waals surface area contributed by atoms with Gasteiger partial charge in [-0.25, -0.2) is 13.1 Å². The third-order valence-corrected chi connectivity index (χ3v) is 11.6. The maximum Gasteiger partial charge on any atom is 0.268 e. The summed E-state index contributed by atoms with van der Waals surface area (Å²) < 4.78 is 33.9. The Hall–Kier alpha value is -2.85.